The number of halogens is 1. The molecule has 152 valence electrons. The number of nitrogens with zero attached hydrogens (tertiary/aromatic N) is 2. The first kappa shape index (κ1) is 21.0. The third-order valence-corrected chi connectivity index (χ3v) is 5.24. The number of hydrogen-bond acceptors (Lipinski definition) is 5. The lowest BCUT2D eigenvalue weighted by Crippen LogP contribution is -2.24. The summed E-state index contributed by atoms with van der Waals surface area (Å²) in [6.45, 7) is 5.39. The minimum Gasteiger partial charge on any atom is -0.385 e. The zero-order valence-electron chi connectivity index (χ0n) is 16.7. The van der Waals surface area contributed by atoms with Crippen molar-refractivity contribution in [3.63, 3.8) is 0 Å². The number of anilines is 1. The first-order chi connectivity index (χ1) is 14.0. The van der Waals surface area contributed by atoms with E-state index in [1.54, 1.807) is 16.7 Å². The van der Waals surface area contributed by atoms with Crippen molar-refractivity contribution in [2.75, 3.05) is 12.3 Å². The maximum absolute atomic E-state index is 13.0. The van der Waals surface area contributed by atoms with Crippen LogP contribution in [0.3, 0.4) is 0 Å². The van der Waals surface area contributed by atoms with Gasteiger partial charge in [-0.05, 0) is 25.5 Å². The minimum absolute atomic E-state index is 0.173. The highest BCUT2D eigenvalue weighted by atomic mass is 35.5. The van der Waals surface area contributed by atoms with Crippen LogP contribution in [0, 0.1) is 5.53 Å². The van der Waals surface area contributed by atoms with Gasteiger partial charge in [0.25, 0.3) is 5.56 Å². The van der Waals surface area contributed by atoms with Crippen LogP contribution >= 0.6 is 11.6 Å². The number of benzene rings is 1. The molecule has 4 N–H and O–H groups in total. The summed E-state index contributed by atoms with van der Waals surface area (Å²) in [4.78, 5) is 13.0. The minimum atomic E-state index is -0.173. The Labute approximate surface area is 175 Å². The maximum atomic E-state index is 13.0. The van der Waals surface area contributed by atoms with E-state index in [1.165, 1.54) is 0 Å². The number of nitrogens with one attached hydrogen (secondary N) is 2. The largest absolute Gasteiger partial charge is 0.385 e. The second-order valence-corrected chi connectivity index (χ2v) is 7.41. The number of nitrogen functional groups attached to an aromatic ring is 1. The highest BCUT2D eigenvalue weighted by Crippen LogP contribution is 2.31. The molecular formula is C22H26ClN5O. The van der Waals surface area contributed by atoms with Gasteiger partial charge >= 0.3 is 0 Å². The Morgan fingerprint density at radius 2 is 2.14 bits per heavy atom. The Kier molecular flexibility index (Phi) is 6.67. The second kappa shape index (κ2) is 9.20. The summed E-state index contributed by atoms with van der Waals surface area (Å²) in [5.74, 6) is 0.448. The lowest BCUT2D eigenvalue weighted by Gasteiger charge is -2.14. The van der Waals surface area contributed by atoms with Crippen LogP contribution in [0.2, 0.25) is 5.02 Å². The zero-order valence-corrected chi connectivity index (χ0v) is 17.5. The fraction of sp³-hybridized carbons (Fsp3) is 0.318. The quantitative estimate of drug-likeness (QED) is 0.423. The number of nitrogens with two attached hydrogens (primary N) is 1. The van der Waals surface area contributed by atoms with Gasteiger partial charge in [0, 0.05) is 46.4 Å². The predicted molar refractivity (Wildman–Crippen MR) is 120 cm³/mol. The lowest BCUT2D eigenvalue weighted by molar-refractivity contribution is 0.740. The van der Waals surface area contributed by atoms with Crippen molar-refractivity contribution in [3.8, 4) is 11.1 Å². The van der Waals surface area contributed by atoms with Crippen molar-refractivity contribution in [3.05, 3.63) is 62.9 Å². The van der Waals surface area contributed by atoms with Crippen molar-refractivity contribution >= 4 is 29.2 Å². The molecule has 0 bridgehead atoms. The molecule has 1 atom stereocenters. The Hall–Kier alpha value is -2.70. The topological polar surface area (TPSA) is 106 Å². The molecular weight excluding hydrogens is 386 g/mol. The van der Waals surface area contributed by atoms with Crippen LogP contribution in [0.4, 0.5) is 5.82 Å². The van der Waals surface area contributed by atoms with Gasteiger partial charge in [0.15, 0.2) is 0 Å². The molecule has 2 heterocycles. The Balaban J connectivity index is 2.08. The molecule has 1 aliphatic rings. The first-order valence-corrected chi connectivity index (χ1v) is 10.2. The Bertz CT molecular complexity index is 1030. The average molecular weight is 412 g/mol. The lowest BCUT2D eigenvalue weighted by atomic mass is 10.0. The van der Waals surface area contributed by atoms with Crippen LogP contribution in [-0.2, 0) is 6.54 Å². The third kappa shape index (κ3) is 4.66. The molecule has 29 heavy (non-hydrogen) atoms. The van der Waals surface area contributed by atoms with E-state index < -0.39 is 0 Å². The zero-order chi connectivity index (χ0) is 21.0. The number of rotatable bonds is 8. The van der Waals surface area contributed by atoms with E-state index >= 15 is 0 Å². The number of allylic oxidation sites excluding steroid dienone is 1. The smallest absolute Gasteiger partial charge is 0.260 e. The summed E-state index contributed by atoms with van der Waals surface area (Å²) in [5, 5.41) is 7.26. The summed E-state index contributed by atoms with van der Waals surface area (Å²) in [6.07, 6.45) is 7.72. The summed E-state index contributed by atoms with van der Waals surface area (Å²) >= 11 is 6.56. The van der Waals surface area contributed by atoms with E-state index in [9.17, 15) is 4.79 Å². The molecule has 1 aromatic carbocycles. The van der Waals surface area contributed by atoms with Crippen LogP contribution in [0.25, 0.3) is 22.9 Å². The van der Waals surface area contributed by atoms with Gasteiger partial charge in [-0.15, -0.1) is 0 Å². The second-order valence-electron chi connectivity index (χ2n) is 7.01. The number of aromatic nitrogens is 1. The normalized spacial score (nSPS) is 16.4. The SMILES string of the molecule is CCC/C=C(\N=N)c1ccc(-c2cc(/C=C\C3CN3)c(N)n(CC)c2=O)c(Cl)c1. The number of hydrogen-bond donors (Lipinski definition) is 3. The van der Waals surface area contributed by atoms with E-state index in [2.05, 4.69) is 17.4 Å². The van der Waals surface area contributed by atoms with Crippen molar-refractivity contribution < 1.29 is 0 Å². The molecule has 1 fully saturated rings. The molecule has 2 aromatic rings. The standard InChI is InChI=1S/C22H26ClN5O/c1-3-5-6-20(27-25)14-8-10-17(19(23)12-14)18-11-15(7-9-16-13-26-16)21(24)28(4-2)22(18)29/h6-12,16,25-26H,3-5,13,24H2,1-2H3/b9-7-,20-6-,27-25?. The van der Waals surface area contributed by atoms with Crippen molar-refractivity contribution in [1.29, 1.82) is 5.53 Å². The van der Waals surface area contributed by atoms with E-state index in [-0.39, 0.29) is 5.56 Å². The van der Waals surface area contributed by atoms with Gasteiger partial charge in [-0.3, -0.25) is 9.36 Å². The van der Waals surface area contributed by atoms with Gasteiger partial charge in [-0.25, -0.2) is 5.53 Å². The molecule has 3 rings (SSSR count). The summed E-state index contributed by atoms with van der Waals surface area (Å²) in [5.41, 5.74) is 16.7. The molecule has 0 saturated carbocycles. The third-order valence-electron chi connectivity index (χ3n) is 4.93. The predicted octanol–water partition coefficient (Wildman–Crippen LogP) is 4.93. The molecule has 1 unspecified atom stereocenters. The van der Waals surface area contributed by atoms with E-state index in [4.69, 9.17) is 22.9 Å². The van der Waals surface area contributed by atoms with E-state index in [0.29, 0.717) is 40.3 Å². The molecule has 0 radical (unpaired) electrons. The van der Waals surface area contributed by atoms with Crippen LogP contribution in [0.15, 0.2) is 46.3 Å². The van der Waals surface area contributed by atoms with Crippen molar-refractivity contribution in [1.82, 2.24) is 9.88 Å². The van der Waals surface area contributed by atoms with Gasteiger partial charge < -0.3 is 11.1 Å². The number of pyridine rings is 1. The van der Waals surface area contributed by atoms with Crippen molar-refractivity contribution in [2.24, 2.45) is 5.11 Å². The van der Waals surface area contributed by atoms with Crippen molar-refractivity contribution in [2.45, 2.75) is 39.3 Å². The van der Waals surface area contributed by atoms with E-state index in [0.717, 1.165) is 30.5 Å². The molecule has 0 aliphatic carbocycles. The van der Waals surface area contributed by atoms with Gasteiger partial charge in [0.2, 0.25) is 0 Å². The highest BCUT2D eigenvalue weighted by molar-refractivity contribution is 6.33. The molecule has 0 spiro atoms. The molecule has 1 saturated heterocycles. The molecule has 1 aromatic heterocycles. The van der Waals surface area contributed by atoms with Gasteiger partial charge in [0.1, 0.15) is 5.82 Å². The fourth-order valence-corrected chi connectivity index (χ4v) is 3.45. The first-order valence-electron chi connectivity index (χ1n) is 9.82. The average Bonchev–Trinajstić information content (AvgIpc) is 3.53. The maximum Gasteiger partial charge on any atom is 0.260 e. The molecule has 6 nitrogen and oxygen atoms in total. The van der Waals surface area contributed by atoms with Crippen LogP contribution in [0.1, 0.15) is 37.8 Å². The van der Waals surface area contributed by atoms with Gasteiger partial charge in [-0.2, -0.15) is 5.11 Å². The molecule has 1 aliphatic heterocycles. The van der Waals surface area contributed by atoms with Crippen LogP contribution in [0.5, 0.6) is 0 Å². The molecule has 7 heteroatoms. The fourth-order valence-electron chi connectivity index (χ4n) is 3.17. The van der Waals surface area contributed by atoms with Crippen LogP contribution in [-0.4, -0.2) is 17.2 Å². The Morgan fingerprint density at radius 1 is 1.38 bits per heavy atom. The summed E-state index contributed by atoms with van der Waals surface area (Å²) < 4.78 is 1.56. The summed E-state index contributed by atoms with van der Waals surface area (Å²) in [6, 6.07) is 7.57. The molecule has 0 amide bonds. The Morgan fingerprint density at radius 3 is 2.72 bits per heavy atom. The van der Waals surface area contributed by atoms with E-state index in [1.807, 2.05) is 37.3 Å². The van der Waals surface area contributed by atoms with Gasteiger partial charge in [0.05, 0.1) is 5.70 Å². The van der Waals surface area contributed by atoms with Gasteiger partial charge in [-0.1, -0.05) is 55.3 Å². The highest BCUT2D eigenvalue weighted by Gasteiger charge is 2.18. The van der Waals surface area contributed by atoms with Crippen LogP contribution < -0.4 is 16.6 Å². The summed E-state index contributed by atoms with van der Waals surface area (Å²) in [7, 11) is 0. The number of unbranched alkanes of at least 4 members (excludes halogenated alkanes) is 1. The monoisotopic (exact) mass is 411 g/mol.